The Hall–Kier alpha value is -3.08. The molecule has 0 radical (unpaired) electrons. The van der Waals surface area contributed by atoms with E-state index in [0.717, 1.165) is 12.1 Å². The molecule has 1 aliphatic rings. The summed E-state index contributed by atoms with van der Waals surface area (Å²) in [6.45, 7) is 3.18. The van der Waals surface area contributed by atoms with E-state index in [1.165, 1.54) is 18.2 Å². The molecule has 32 heavy (non-hydrogen) atoms. The zero-order chi connectivity index (χ0) is 23.5. The number of alkyl halides is 5. The second-order valence-electron chi connectivity index (χ2n) is 7.44. The van der Waals surface area contributed by atoms with E-state index in [1.54, 1.807) is 0 Å². The van der Waals surface area contributed by atoms with Gasteiger partial charge in [0.05, 0.1) is 23.6 Å². The fourth-order valence-electron chi connectivity index (χ4n) is 2.89. The van der Waals surface area contributed by atoms with Crippen molar-refractivity contribution in [1.82, 2.24) is 15.6 Å². The Kier molecular flexibility index (Phi) is 6.77. The Labute approximate surface area is 179 Å². The summed E-state index contributed by atoms with van der Waals surface area (Å²) in [5.74, 6) is -4.63. The van der Waals surface area contributed by atoms with E-state index in [-0.39, 0.29) is 49.2 Å². The summed E-state index contributed by atoms with van der Waals surface area (Å²) in [6, 6.07) is 5.73. The van der Waals surface area contributed by atoms with Crippen molar-refractivity contribution in [3.8, 4) is 0 Å². The van der Waals surface area contributed by atoms with Gasteiger partial charge >= 0.3 is 6.18 Å². The molecule has 3 rings (SSSR count). The van der Waals surface area contributed by atoms with Crippen molar-refractivity contribution in [1.29, 1.82) is 0 Å². The maximum atomic E-state index is 12.8. The van der Waals surface area contributed by atoms with Crippen molar-refractivity contribution in [2.45, 2.75) is 24.9 Å². The van der Waals surface area contributed by atoms with Crippen LogP contribution in [0.1, 0.15) is 28.9 Å². The number of nitrogens with zero attached hydrogens (tertiary/aromatic N) is 1. The molecule has 6 nitrogen and oxygen atoms in total. The SMILES string of the molecule is C=C(CCNC(=O)c1ccc2cc(C(F)(F)F)ccc2n1)NC(=O)COC[C@@H]1CC1(F)F. The average molecular weight is 457 g/mol. The minimum atomic E-state index is -4.47. The molecule has 2 N–H and O–H groups in total. The van der Waals surface area contributed by atoms with Crippen molar-refractivity contribution in [3.63, 3.8) is 0 Å². The Bertz CT molecular complexity index is 1040. The number of aromatic nitrogens is 1. The highest BCUT2D eigenvalue weighted by Gasteiger charge is 2.56. The molecule has 0 spiro atoms. The van der Waals surface area contributed by atoms with E-state index in [9.17, 15) is 31.5 Å². The zero-order valence-corrected chi connectivity index (χ0v) is 16.8. The molecule has 1 saturated carbocycles. The zero-order valence-electron chi connectivity index (χ0n) is 16.8. The Balaban J connectivity index is 1.41. The first-order valence-electron chi connectivity index (χ1n) is 9.65. The van der Waals surface area contributed by atoms with Gasteiger partial charge < -0.3 is 15.4 Å². The topological polar surface area (TPSA) is 80.3 Å². The van der Waals surface area contributed by atoms with Crippen LogP contribution in [0.5, 0.6) is 0 Å². The third-order valence-electron chi connectivity index (χ3n) is 4.79. The van der Waals surface area contributed by atoms with Crippen LogP contribution in [0.25, 0.3) is 10.9 Å². The average Bonchev–Trinajstić information content (AvgIpc) is 3.32. The summed E-state index contributed by atoms with van der Waals surface area (Å²) in [7, 11) is 0. The number of hydrogen-bond acceptors (Lipinski definition) is 4. The number of hydrogen-bond donors (Lipinski definition) is 2. The highest BCUT2D eigenvalue weighted by Crippen LogP contribution is 2.48. The van der Waals surface area contributed by atoms with Gasteiger partial charge in [0.15, 0.2) is 0 Å². The number of rotatable bonds is 9. The summed E-state index contributed by atoms with van der Waals surface area (Å²) in [4.78, 5) is 28.0. The lowest BCUT2D eigenvalue weighted by atomic mass is 10.1. The molecule has 0 bridgehead atoms. The smallest absolute Gasteiger partial charge is 0.371 e. The summed E-state index contributed by atoms with van der Waals surface area (Å²) >= 11 is 0. The lowest BCUT2D eigenvalue weighted by Gasteiger charge is -2.10. The molecule has 2 amide bonds. The Morgan fingerprint density at radius 3 is 2.59 bits per heavy atom. The minimum absolute atomic E-state index is 0.0252. The molecular formula is C21H20F5N3O3. The molecule has 11 heteroatoms. The second kappa shape index (κ2) is 9.19. The lowest BCUT2D eigenvalue weighted by molar-refractivity contribution is -0.137. The van der Waals surface area contributed by atoms with E-state index in [2.05, 4.69) is 22.2 Å². The van der Waals surface area contributed by atoms with Gasteiger partial charge in [0.25, 0.3) is 11.8 Å². The van der Waals surface area contributed by atoms with Crippen LogP contribution >= 0.6 is 0 Å². The summed E-state index contributed by atoms with van der Waals surface area (Å²) < 4.78 is 68.7. The van der Waals surface area contributed by atoms with Gasteiger partial charge in [-0.05, 0) is 24.3 Å². The van der Waals surface area contributed by atoms with Crippen LogP contribution in [0.3, 0.4) is 0 Å². The number of ether oxygens (including phenoxy) is 1. The molecule has 0 unspecified atom stereocenters. The van der Waals surface area contributed by atoms with Crippen LogP contribution in [0, 0.1) is 5.92 Å². The number of pyridine rings is 1. The number of fused-ring (bicyclic) bond motifs is 1. The maximum Gasteiger partial charge on any atom is 0.416 e. The van der Waals surface area contributed by atoms with E-state index in [1.807, 2.05) is 0 Å². The van der Waals surface area contributed by atoms with Crippen molar-refractivity contribution >= 4 is 22.7 Å². The first kappa shape index (κ1) is 23.6. The van der Waals surface area contributed by atoms with Crippen LogP contribution in [-0.4, -0.2) is 42.5 Å². The molecule has 1 atom stereocenters. The largest absolute Gasteiger partial charge is 0.416 e. The highest BCUT2D eigenvalue weighted by atomic mass is 19.4. The molecule has 1 fully saturated rings. The van der Waals surface area contributed by atoms with Gasteiger partial charge in [-0.1, -0.05) is 12.6 Å². The number of benzene rings is 1. The van der Waals surface area contributed by atoms with Crippen LogP contribution in [0.2, 0.25) is 0 Å². The molecule has 1 heterocycles. The predicted octanol–water partition coefficient (Wildman–Crippen LogP) is 3.68. The van der Waals surface area contributed by atoms with Crippen molar-refractivity contribution in [2.24, 2.45) is 5.92 Å². The molecule has 1 aliphatic carbocycles. The molecule has 2 aromatic rings. The molecular weight excluding hydrogens is 437 g/mol. The van der Waals surface area contributed by atoms with Crippen molar-refractivity contribution < 1.29 is 36.3 Å². The molecule has 1 aromatic heterocycles. The maximum absolute atomic E-state index is 12.8. The van der Waals surface area contributed by atoms with Gasteiger partial charge in [-0.3, -0.25) is 9.59 Å². The Morgan fingerprint density at radius 1 is 1.22 bits per heavy atom. The predicted molar refractivity (Wildman–Crippen MR) is 105 cm³/mol. The number of carbonyl (C=O) groups is 2. The van der Waals surface area contributed by atoms with E-state index in [0.29, 0.717) is 5.70 Å². The van der Waals surface area contributed by atoms with Crippen molar-refractivity contribution in [2.75, 3.05) is 19.8 Å². The summed E-state index contributed by atoms with van der Waals surface area (Å²) in [5.41, 5.74) is -0.245. The first-order chi connectivity index (χ1) is 15.0. The molecule has 0 aliphatic heterocycles. The third kappa shape index (κ3) is 6.22. The summed E-state index contributed by atoms with van der Waals surface area (Å²) in [5, 5.41) is 5.27. The van der Waals surface area contributed by atoms with Gasteiger partial charge in [0.1, 0.15) is 12.3 Å². The van der Waals surface area contributed by atoms with Crippen LogP contribution in [-0.2, 0) is 15.7 Å². The number of halogens is 5. The molecule has 1 aromatic carbocycles. The van der Waals surface area contributed by atoms with Gasteiger partial charge in [-0.2, -0.15) is 13.2 Å². The normalized spacial score (nSPS) is 17.1. The second-order valence-corrected chi connectivity index (χ2v) is 7.44. The summed E-state index contributed by atoms with van der Waals surface area (Å²) in [6.07, 6.45) is -4.51. The van der Waals surface area contributed by atoms with Crippen LogP contribution in [0.4, 0.5) is 22.0 Å². The van der Waals surface area contributed by atoms with Crippen LogP contribution in [0.15, 0.2) is 42.6 Å². The van der Waals surface area contributed by atoms with Gasteiger partial charge in [-0.15, -0.1) is 0 Å². The van der Waals surface area contributed by atoms with E-state index >= 15 is 0 Å². The number of amides is 2. The van der Waals surface area contributed by atoms with Gasteiger partial charge in [0.2, 0.25) is 5.91 Å². The Morgan fingerprint density at radius 2 is 1.94 bits per heavy atom. The molecule has 0 saturated heterocycles. The fourth-order valence-corrected chi connectivity index (χ4v) is 2.89. The fraction of sp³-hybridized carbons (Fsp3) is 0.381. The quantitative estimate of drug-likeness (QED) is 0.563. The lowest BCUT2D eigenvalue weighted by Crippen LogP contribution is -2.30. The van der Waals surface area contributed by atoms with Gasteiger partial charge in [0, 0.05) is 30.5 Å². The minimum Gasteiger partial charge on any atom is -0.371 e. The monoisotopic (exact) mass is 457 g/mol. The third-order valence-corrected chi connectivity index (χ3v) is 4.79. The van der Waals surface area contributed by atoms with Gasteiger partial charge in [-0.25, -0.2) is 13.8 Å². The number of carbonyl (C=O) groups excluding carboxylic acids is 2. The molecule has 172 valence electrons. The first-order valence-corrected chi connectivity index (χ1v) is 9.65. The highest BCUT2D eigenvalue weighted by molar-refractivity contribution is 5.95. The van der Waals surface area contributed by atoms with Crippen LogP contribution < -0.4 is 10.6 Å². The van der Waals surface area contributed by atoms with Crippen molar-refractivity contribution in [3.05, 3.63) is 53.9 Å². The van der Waals surface area contributed by atoms with E-state index < -0.39 is 35.4 Å². The van der Waals surface area contributed by atoms with E-state index in [4.69, 9.17) is 4.74 Å². The standard InChI is InChI=1S/C21H20F5N3O3/c1-12(28-18(30)11-32-10-15-9-20(15,22)23)6-7-27-19(31)17-4-2-13-8-14(21(24,25)26)3-5-16(13)29-17/h2-5,8,15H,1,6-7,9-11H2,(H,27,31)(H,28,30)/t15-/m0/s1. The number of nitrogens with one attached hydrogen (secondary N) is 2.